The van der Waals surface area contributed by atoms with Gasteiger partial charge in [-0.15, -0.1) is 11.3 Å². The summed E-state index contributed by atoms with van der Waals surface area (Å²) in [5, 5.41) is 0. The van der Waals surface area contributed by atoms with Gasteiger partial charge < -0.3 is 5.73 Å². The van der Waals surface area contributed by atoms with Crippen molar-refractivity contribution in [2.45, 2.75) is 51.5 Å². The van der Waals surface area contributed by atoms with Crippen molar-refractivity contribution in [1.29, 1.82) is 0 Å². The fourth-order valence-electron chi connectivity index (χ4n) is 2.65. The third-order valence-electron chi connectivity index (χ3n) is 3.94. The zero-order valence-corrected chi connectivity index (χ0v) is 11.4. The molecule has 1 saturated carbocycles. The highest BCUT2D eigenvalue weighted by molar-refractivity contribution is 7.16. The Kier molecular flexibility index (Phi) is 3.93. The number of hydrogen-bond acceptors (Lipinski definition) is 2. The van der Waals surface area contributed by atoms with Crippen molar-refractivity contribution in [3.63, 3.8) is 0 Å². The van der Waals surface area contributed by atoms with Crippen LogP contribution in [0.2, 0.25) is 4.34 Å². The molecular weight excluding hydrogens is 238 g/mol. The summed E-state index contributed by atoms with van der Waals surface area (Å²) in [4.78, 5) is 1.32. The molecule has 1 aromatic rings. The fraction of sp³-hybridized carbons (Fsp3) is 0.692. The Morgan fingerprint density at radius 3 is 2.62 bits per heavy atom. The lowest BCUT2D eigenvalue weighted by Crippen LogP contribution is -2.42. The summed E-state index contributed by atoms with van der Waals surface area (Å²) < 4.78 is 0.871. The molecule has 1 nitrogen and oxygen atoms in total. The van der Waals surface area contributed by atoms with Gasteiger partial charge in [0.2, 0.25) is 0 Å². The van der Waals surface area contributed by atoms with E-state index in [0.29, 0.717) is 5.41 Å². The topological polar surface area (TPSA) is 26.0 Å². The van der Waals surface area contributed by atoms with Crippen LogP contribution in [0.4, 0.5) is 0 Å². The summed E-state index contributed by atoms with van der Waals surface area (Å²) in [5.74, 6) is 0. The van der Waals surface area contributed by atoms with Gasteiger partial charge in [0.25, 0.3) is 0 Å². The standard InChI is InChI=1S/C13H20ClNS/c1-13(7-3-2-4-8-13)11(15)9-10-5-6-12(14)16-10/h5-6,11H,2-4,7-9,15H2,1H3. The van der Waals surface area contributed by atoms with Crippen LogP contribution in [-0.4, -0.2) is 6.04 Å². The highest BCUT2D eigenvalue weighted by Gasteiger charge is 2.33. The SMILES string of the molecule is CC1(C(N)Cc2ccc(Cl)s2)CCCCC1. The molecule has 1 fully saturated rings. The van der Waals surface area contributed by atoms with Gasteiger partial charge in [0.1, 0.15) is 0 Å². The Labute approximate surface area is 107 Å². The zero-order chi connectivity index (χ0) is 11.6. The Hall–Kier alpha value is -0.0500. The van der Waals surface area contributed by atoms with Crippen LogP contribution in [0.1, 0.15) is 43.9 Å². The first-order valence-electron chi connectivity index (χ1n) is 6.10. The maximum Gasteiger partial charge on any atom is 0.0931 e. The minimum atomic E-state index is 0.280. The molecule has 1 aromatic heterocycles. The molecule has 1 unspecified atom stereocenters. The van der Waals surface area contributed by atoms with Crippen molar-refractivity contribution in [2.75, 3.05) is 0 Å². The molecule has 1 aliphatic carbocycles. The van der Waals surface area contributed by atoms with E-state index < -0.39 is 0 Å². The summed E-state index contributed by atoms with van der Waals surface area (Å²) >= 11 is 7.61. The van der Waals surface area contributed by atoms with Crippen LogP contribution in [0, 0.1) is 5.41 Å². The number of thiophene rings is 1. The highest BCUT2D eigenvalue weighted by Crippen LogP contribution is 2.39. The lowest BCUT2D eigenvalue weighted by molar-refractivity contribution is 0.169. The van der Waals surface area contributed by atoms with E-state index in [4.69, 9.17) is 17.3 Å². The van der Waals surface area contributed by atoms with Crippen molar-refractivity contribution in [1.82, 2.24) is 0 Å². The van der Waals surface area contributed by atoms with E-state index in [9.17, 15) is 0 Å². The largest absolute Gasteiger partial charge is 0.327 e. The molecule has 0 aliphatic heterocycles. The van der Waals surface area contributed by atoms with E-state index in [1.165, 1.54) is 37.0 Å². The Bertz CT molecular complexity index is 341. The number of hydrogen-bond donors (Lipinski definition) is 1. The smallest absolute Gasteiger partial charge is 0.0931 e. The van der Waals surface area contributed by atoms with E-state index in [-0.39, 0.29) is 6.04 Å². The maximum absolute atomic E-state index is 6.39. The van der Waals surface area contributed by atoms with Crippen LogP contribution in [0.25, 0.3) is 0 Å². The lowest BCUT2D eigenvalue weighted by Gasteiger charge is -2.38. The van der Waals surface area contributed by atoms with Crippen molar-refractivity contribution in [2.24, 2.45) is 11.1 Å². The van der Waals surface area contributed by atoms with Crippen molar-refractivity contribution in [3.05, 3.63) is 21.3 Å². The summed E-state index contributed by atoms with van der Waals surface area (Å²) in [6, 6.07) is 4.36. The van der Waals surface area contributed by atoms with Crippen molar-refractivity contribution in [3.8, 4) is 0 Å². The molecule has 16 heavy (non-hydrogen) atoms. The summed E-state index contributed by atoms with van der Waals surface area (Å²) in [7, 11) is 0. The molecule has 0 saturated heterocycles. The third kappa shape index (κ3) is 2.79. The second-order valence-corrected chi connectivity index (χ2v) is 7.03. The molecule has 0 bridgehead atoms. The lowest BCUT2D eigenvalue weighted by atomic mass is 9.70. The first-order chi connectivity index (χ1) is 7.60. The first kappa shape index (κ1) is 12.4. The summed E-state index contributed by atoms with van der Waals surface area (Å²) in [5.41, 5.74) is 6.73. The van der Waals surface area contributed by atoms with Gasteiger partial charge in [0, 0.05) is 10.9 Å². The molecule has 0 amide bonds. The minimum absolute atomic E-state index is 0.280. The third-order valence-corrected chi connectivity index (χ3v) is 5.19. The molecule has 2 N–H and O–H groups in total. The predicted molar refractivity (Wildman–Crippen MR) is 72.2 cm³/mol. The van der Waals surface area contributed by atoms with E-state index in [1.54, 1.807) is 11.3 Å². The van der Waals surface area contributed by atoms with Gasteiger partial charge in [0.05, 0.1) is 4.34 Å². The molecule has 2 rings (SSSR count). The van der Waals surface area contributed by atoms with Gasteiger partial charge in [0.15, 0.2) is 0 Å². The summed E-state index contributed by atoms with van der Waals surface area (Å²) in [6.07, 6.45) is 7.62. The second-order valence-electron chi connectivity index (χ2n) is 5.23. The minimum Gasteiger partial charge on any atom is -0.327 e. The Morgan fingerprint density at radius 1 is 1.38 bits per heavy atom. The molecule has 0 aromatic carbocycles. The molecule has 90 valence electrons. The molecule has 1 heterocycles. The van der Waals surface area contributed by atoms with Crippen molar-refractivity contribution >= 4 is 22.9 Å². The van der Waals surface area contributed by atoms with Crippen LogP contribution in [0.3, 0.4) is 0 Å². The predicted octanol–water partition coefficient (Wildman–Crippen LogP) is 4.24. The van der Waals surface area contributed by atoms with Gasteiger partial charge in [-0.2, -0.15) is 0 Å². The van der Waals surface area contributed by atoms with Gasteiger partial charge in [-0.25, -0.2) is 0 Å². The van der Waals surface area contributed by atoms with E-state index >= 15 is 0 Å². The quantitative estimate of drug-likeness (QED) is 0.861. The molecule has 1 atom stereocenters. The number of nitrogens with two attached hydrogens (primary N) is 1. The van der Waals surface area contributed by atoms with Crippen molar-refractivity contribution < 1.29 is 0 Å². The number of halogens is 1. The average Bonchev–Trinajstić information content (AvgIpc) is 2.65. The van der Waals surface area contributed by atoms with E-state index in [1.807, 2.05) is 6.07 Å². The summed E-state index contributed by atoms with van der Waals surface area (Å²) in [6.45, 7) is 2.35. The highest BCUT2D eigenvalue weighted by atomic mass is 35.5. The first-order valence-corrected chi connectivity index (χ1v) is 7.29. The van der Waals surface area contributed by atoms with Crippen LogP contribution in [0.15, 0.2) is 12.1 Å². The maximum atomic E-state index is 6.39. The fourth-order valence-corrected chi connectivity index (χ4v) is 3.80. The van der Waals surface area contributed by atoms with Gasteiger partial charge in [-0.3, -0.25) is 0 Å². The molecule has 1 aliphatic rings. The molecular formula is C13H20ClNS. The van der Waals surface area contributed by atoms with Crippen LogP contribution in [-0.2, 0) is 6.42 Å². The van der Waals surface area contributed by atoms with Gasteiger partial charge in [-0.05, 0) is 36.8 Å². The van der Waals surface area contributed by atoms with Crippen LogP contribution < -0.4 is 5.73 Å². The molecule has 0 spiro atoms. The Morgan fingerprint density at radius 2 is 2.06 bits per heavy atom. The molecule has 3 heteroatoms. The normalized spacial score (nSPS) is 21.9. The Balaban J connectivity index is 1.98. The monoisotopic (exact) mass is 257 g/mol. The number of rotatable bonds is 3. The van der Waals surface area contributed by atoms with E-state index in [0.717, 1.165) is 10.8 Å². The molecule has 0 radical (unpaired) electrons. The zero-order valence-electron chi connectivity index (χ0n) is 9.84. The second kappa shape index (κ2) is 5.07. The average molecular weight is 258 g/mol. The van der Waals surface area contributed by atoms with Crippen LogP contribution in [0.5, 0.6) is 0 Å². The van der Waals surface area contributed by atoms with E-state index in [2.05, 4.69) is 13.0 Å². The van der Waals surface area contributed by atoms with Crippen LogP contribution >= 0.6 is 22.9 Å². The van der Waals surface area contributed by atoms with Gasteiger partial charge >= 0.3 is 0 Å². The van der Waals surface area contributed by atoms with Gasteiger partial charge in [-0.1, -0.05) is 37.8 Å².